The molecule has 1 atom stereocenters. The summed E-state index contributed by atoms with van der Waals surface area (Å²) in [6.45, 7) is 7.05. The molecule has 0 saturated heterocycles. The van der Waals surface area contributed by atoms with Gasteiger partial charge in [0.15, 0.2) is 0 Å². The summed E-state index contributed by atoms with van der Waals surface area (Å²) in [5.74, 6) is 0. The SMILES string of the molecule is CCC[As](c1ccccc1)C(C)C. The molecule has 1 rings (SSSR count). The minimum absolute atomic E-state index is 0.736. The second kappa shape index (κ2) is 5.50. The molecule has 0 bridgehead atoms. The van der Waals surface area contributed by atoms with Crippen molar-refractivity contribution < 1.29 is 0 Å². The van der Waals surface area contributed by atoms with Crippen LogP contribution in [0.4, 0.5) is 0 Å². The molecule has 0 aliphatic rings. The maximum atomic E-state index is 2.38. The van der Waals surface area contributed by atoms with Gasteiger partial charge in [-0.05, 0) is 0 Å². The summed E-state index contributed by atoms with van der Waals surface area (Å²) in [5.41, 5.74) is 0. The van der Waals surface area contributed by atoms with E-state index in [0.717, 1.165) is 4.71 Å². The van der Waals surface area contributed by atoms with Crippen LogP contribution in [-0.2, 0) is 0 Å². The standard InChI is InChI=1S/C12H19As/c1-4-10-13(11(2)3)12-8-6-5-7-9-12/h5-9,11H,4,10H2,1-3H3. The van der Waals surface area contributed by atoms with Gasteiger partial charge < -0.3 is 0 Å². The topological polar surface area (TPSA) is 0 Å². The zero-order valence-electron chi connectivity index (χ0n) is 8.83. The molecule has 1 unspecified atom stereocenters. The van der Waals surface area contributed by atoms with Crippen molar-refractivity contribution in [3.63, 3.8) is 0 Å². The Balaban J connectivity index is 2.76. The molecule has 0 spiro atoms. The van der Waals surface area contributed by atoms with Gasteiger partial charge in [-0.1, -0.05) is 0 Å². The first kappa shape index (κ1) is 10.9. The average Bonchev–Trinajstić information content (AvgIpc) is 2.15. The van der Waals surface area contributed by atoms with Crippen LogP contribution in [0.5, 0.6) is 0 Å². The minimum atomic E-state index is -0.736. The van der Waals surface area contributed by atoms with E-state index in [1.165, 1.54) is 11.6 Å². The van der Waals surface area contributed by atoms with Crippen LogP contribution in [0.15, 0.2) is 30.3 Å². The Hall–Kier alpha value is -0.222. The third-order valence-corrected chi connectivity index (χ3v) is 8.76. The molecule has 1 heteroatoms. The number of rotatable bonds is 4. The van der Waals surface area contributed by atoms with Gasteiger partial charge in [-0.25, -0.2) is 0 Å². The van der Waals surface area contributed by atoms with E-state index in [1.54, 1.807) is 4.35 Å². The van der Waals surface area contributed by atoms with Gasteiger partial charge in [0.05, 0.1) is 0 Å². The predicted molar refractivity (Wildman–Crippen MR) is 62.0 cm³/mol. The molecular formula is C12H19As. The fourth-order valence-corrected chi connectivity index (χ4v) is 6.60. The van der Waals surface area contributed by atoms with Crippen molar-refractivity contribution >= 4 is 19.0 Å². The molecule has 0 saturated carbocycles. The first-order chi connectivity index (χ1) is 6.25. The molecule has 0 nitrogen and oxygen atoms in total. The molecule has 0 N–H and O–H groups in total. The molecule has 1 aromatic rings. The quantitative estimate of drug-likeness (QED) is 0.706. The Morgan fingerprint density at radius 1 is 1.15 bits per heavy atom. The summed E-state index contributed by atoms with van der Waals surface area (Å²) in [7, 11) is 0. The first-order valence-electron chi connectivity index (χ1n) is 5.07. The van der Waals surface area contributed by atoms with E-state index in [1.807, 2.05) is 0 Å². The van der Waals surface area contributed by atoms with Crippen LogP contribution in [-0.4, -0.2) is 14.7 Å². The molecule has 0 aliphatic heterocycles. The summed E-state index contributed by atoms with van der Waals surface area (Å²) in [6.07, 6.45) is 1.34. The normalized spacial score (nSPS) is 13.2. The third kappa shape index (κ3) is 3.19. The number of hydrogen-bond acceptors (Lipinski definition) is 0. The van der Waals surface area contributed by atoms with Crippen molar-refractivity contribution in [3.8, 4) is 0 Å². The van der Waals surface area contributed by atoms with Crippen molar-refractivity contribution in [3.05, 3.63) is 30.3 Å². The molecule has 1 aromatic carbocycles. The maximum absolute atomic E-state index is 2.38. The van der Waals surface area contributed by atoms with E-state index in [9.17, 15) is 0 Å². The van der Waals surface area contributed by atoms with Gasteiger partial charge >= 0.3 is 86.4 Å². The van der Waals surface area contributed by atoms with Gasteiger partial charge in [0.2, 0.25) is 0 Å². The van der Waals surface area contributed by atoms with E-state index >= 15 is 0 Å². The van der Waals surface area contributed by atoms with Crippen LogP contribution in [0, 0.1) is 0 Å². The van der Waals surface area contributed by atoms with Crippen molar-refractivity contribution in [2.75, 3.05) is 0 Å². The number of benzene rings is 1. The zero-order valence-corrected chi connectivity index (χ0v) is 10.7. The second-order valence-corrected chi connectivity index (χ2v) is 9.78. The summed E-state index contributed by atoms with van der Waals surface area (Å²) >= 11 is -0.736. The van der Waals surface area contributed by atoms with Gasteiger partial charge in [0.25, 0.3) is 0 Å². The van der Waals surface area contributed by atoms with Gasteiger partial charge in [-0.3, -0.25) is 0 Å². The van der Waals surface area contributed by atoms with Gasteiger partial charge in [0.1, 0.15) is 0 Å². The first-order valence-corrected chi connectivity index (χ1v) is 8.42. The summed E-state index contributed by atoms with van der Waals surface area (Å²) in [5, 5.41) is 1.45. The van der Waals surface area contributed by atoms with Crippen molar-refractivity contribution in [2.45, 2.75) is 37.1 Å². The Kier molecular flexibility index (Phi) is 4.59. The molecule has 0 radical (unpaired) electrons. The average molecular weight is 238 g/mol. The molecule has 0 amide bonds. The molecule has 72 valence electrons. The Labute approximate surface area is 86.6 Å². The van der Waals surface area contributed by atoms with Crippen molar-refractivity contribution in [1.82, 2.24) is 0 Å². The third-order valence-electron chi connectivity index (χ3n) is 2.18. The molecule has 0 aromatic heterocycles. The Bertz CT molecular complexity index is 228. The van der Waals surface area contributed by atoms with Crippen LogP contribution in [0.25, 0.3) is 0 Å². The fourth-order valence-electron chi connectivity index (χ4n) is 1.55. The van der Waals surface area contributed by atoms with E-state index in [4.69, 9.17) is 0 Å². The van der Waals surface area contributed by atoms with Crippen LogP contribution in [0.1, 0.15) is 27.2 Å². The van der Waals surface area contributed by atoms with Crippen LogP contribution >= 0.6 is 0 Å². The molecule has 0 heterocycles. The van der Waals surface area contributed by atoms with Gasteiger partial charge in [-0.2, -0.15) is 0 Å². The zero-order chi connectivity index (χ0) is 9.68. The van der Waals surface area contributed by atoms with Gasteiger partial charge in [0, 0.05) is 0 Å². The summed E-state index contributed by atoms with van der Waals surface area (Å²) in [4.78, 5) is 0. The van der Waals surface area contributed by atoms with E-state index in [-0.39, 0.29) is 0 Å². The van der Waals surface area contributed by atoms with E-state index in [0.29, 0.717) is 0 Å². The predicted octanol–water partition coefficient (Wildman–Crippen LogP) is 3.21. The molecule has 0 fully saturated rings. The fraction of sp³-hybridized carbons (Fsp3) is 0.500. The van der Waals surface area contributed by atoms with Crippen LogP contribution in [0.2, 0.25) is 9.91 Å². The van der Waals surface area contributed by atoms with Crippen LogP contribution < -0.4 is 4.35 Å². The molecular weight excluding hydrogens is 219 g/mol. The van der Waals surface area contributed by atoms with Crippen molar-refractivity contribution in [1.29, 1.82) is 0 Å². The Morgan fingerprint density at radius 3 is 2.23 bits per heavy atom. The van der Waals surface area contributed by atoms with Gasteiger partial charge in [-0.15, -0.1) is 0 Å². The monoisotopic (exact) mass is 238 g/mol. The molecule has 0 aliphatic carbocycles. The second-order valence-electron chi connectivity index (χ2n) is 3.62. The summed E-state index contributed by atoms with van der Waals surface area (Å²) < 4.78 is 2.54. The number of hydrogen-bond donors (Lipinski definition) is 0. The molecule has 13 heavy (non-hydrogen) atoms. The van der Waals surface area contributed by atoms with E-state index < -0.39 is 14.7 Å². The van der Waals surface area contributed by atoms with E-state index in [2.05, 4.69) is 51.1 Å². The van der Waals surface area contributed by atoms with Crippen LogP contribution in [0.3, 0.4) is 0 Å². The van der Waals surface area contributed by atoms with Crippen molar-refractivity contribution in [2.24, 2.45) is 0 Å². The Morgan fingerprint density at radius 2 is 1.77 bits per heavy atom. The summed E-state index contributed by atoms with van der Waals surface area (Å²) in [6, 6.07) is 11.1.